The first kappa shape index (κ1) is 15.9. The van der Waals surface area contributed by atoms with Gasteiger partial charge in [-0.2, -0.15) is 0 Å². The molecule has 0 aliphatic heterocycles. The molecule has 1 atom stereocenters. The van der Waals surface area contributed by atoms with Crippen molar-refractivity contribution in [3.05, 3.63) is 33.2 Å². The number of rotatable bonds is 5. The van der Waals surface area contributed by atoms with Crippen LogP contribution in [0.15, 0.2) is 10.9 Å². The number of amides is 2. The zero-order valence-electron chi connectivity index (χ0n) is 12.2. The van der Waals surface area contributed by atoms with E-state index in [0.29, 0.717) is 17.8 Å². The topological polar surface area (TPSA) is 105 Å². The second-order valence-corrected chi connectivity index (χ2v) is 5.37. The van der Waals surface area contributed by atoms with Crippen molar-refractivity contribution in [2.75, 3.05) is 0 Å². The predicted molar refractivity (Wildman–Crippen MR) is 76.4 cm³/mol. The third-order valence-corrected chi connectivity index (χ3v) is 2.94. The first-order chi connectivity index (χ1) is 9.22. The molecule has 0 aliphatic rings. The molecule has 0 radical (unpaired) electrons. The van der Waals surface area contributed by atoms with Crippen LogP contribution in [0, 0.1) is 19.8 Å². The van der Waals surface area contributed by atoms with Gasteiger partial charge in [0.1, 0.15) is 11.6 Å². The number of hydrogen-bond donors (Lipinski definition) is 3. The SMILES string of the molecule is Cc1cc(=O)c(C(=O)N[C@@H](CC(C)C)C(N)=O)c(C)[nH]1. The van der Waals surface area contributed by atoms with Gasteiger partial charge in [-0.15, -0.1) is 0 Å². The van der Waals surface area contributed by atoms with Crippen molar-refractivity contribution < 1.29 is 9.59 Å². The summed E-state index contributed by atoms with van der Waals surface area (Å²) in [4.78, 5) is 38.3. The summed E-state index contributed by atoms with van der Waals surface area (Å²) < 4.78 is 0. The van der Waals surface area contributed by atoms with E-state index in [-0.39, 0.29) is 16.9 Å². The highest BCUT2D eigenvalue weighted by molar-refractivity contribution is 5.98. The zero-order chi connectivity index (χ0) is 15.4. The lowest BCUT2D eigenvalue weighted by molar-refractivity contribution is -0.120. The molecule has 110 valence electrons. The Bertz CT molecular complexity index is 576. The molecule has 6 nitrogen and oxygen atoms in total. The average molecular weight is 279 g/mol. The Labute approximate surface area is 117 Å². The van der Waals surface area contributed by atoms with Gasteiger partial charge in [-0.25, -0.2) is 0 Å². The maximum absolute atomic E-state index is 12.2. The second-order valence-electron chi connectivity index (χ2n) is 5.37. The first-order valence-corrected chi connectivity index (χ1v) is 6.53. The molecule has 0 saturated heterocycles. The molecule has 0 bridgehead atoms. The van der Waals surface area contributed by atoms with Gasteiger partial charge in [-0.3, -0.25) is 14.4 Å². The zero-order valence-corrected chi connectivity index (χ0v) is 12.2. The number of aromatic amines is 1. The lowest BCUT2D eigenvalue weighted by Gasteiger charge is -2.17. The summed E-state index contributed by atoms with van der Waals surface area (Å²) in [5, 5.41) is 2.53. The van der Waals surface area contributed by atoms with Crippen LogP contribution in [0.5, 0.6) is 0 Å². The van der Waals surface area contributed by atoms with Crippen LogP contribution in [0.4, 0.5) is 0 Å². The predicted octanol–water partition coefficient (Wildman–Crippen LogP) is 0.622. The van der Waals surface area contributed by atoms with Crippen LogP contribution in [0.2, 0.25) is 0 Å². The minimum atomic E-state index is -0.775. The van der Waals surface area contributed by atoms with Crippen molar-refractivity contribution in [3.8, 4) is 0 Å². The third kappa shape index (κ3) is 3.94. The largest absolute Gasteiger partial charge is 0.368 e. The van der Waals surface area contributed by atoms with Crippen LogP contribution in [-0.2, 0) is 4.79 Å². The van der Waals surface area contributed by atoms with Crippen molar-refractivity contribution in [2.24, 2.45) is 11.7 Å². The fourth-order valence-corrected chi connectivity index (χ4v) is 2.08. The first-order valence-electron chi connectivity index (χ1n) is 6.53. The number of H-pyrrole nitrogens is 1. The highest BCUT2D eigenvalue weighted by Crippen LogP contribution is 2.06. The van der Waals surface area contributed by atoms with Crippen molar-refractivity contribution >= 4 is 11.8 Å². The van der Waals surface area contributed by atoms with E-state index in [9.17, 15) is 14.4 Å². The fraction of sp³-hybridized carbons (Fsp3) is 0.500. The molecule has 1 heterocycles. The van der Waals surface area contributed by atoms with Crippen LogP contribution in [-0.4, -0.2) is 22.8 Å². The number of nitrogens with one attached hydrogen (secondary N) is 2. The molecule has 0 saturated carbocycles. The van der Waals surface area contributed by atoms with E-state index in [1.54, 1.807) is 13.8 Å². The van der Waals surface area contributed by atoms with Gasteiger partial charge in [0.25, 0.3) is 5.91 Å². The monoisotopic (exact) mass is 279 g/mol. The Morgan fingerprint density at radius 1 is 1.35 bits per heavy atom. The van der Waals surface area contributed by atoms with E-state index >= 15 is 0 Å². The molecule has 0 aliphatic carbocycles. The van der Waals surface area contributed by atoms with Crippen molar-refractivity contribution in [2.45, 2.75) is 40.2 Å². The van der Waals surface area contributed by atoms with Crippen LogP contribution in [0.25, 0.3) is 0 Å². The molecule has 2 amide bonds. The highest BCUT2D eigenvalue weighted by atomic mass is 16.2. The van der Waals surface area contributed by atoms with Gasteiger partial charge in [-0.05, 0) is 26.2 Å². The standard InChI is InChI=1S/C14H21N3O3/c1-7(2)5-10(13(15)19)17-14(20)12-9(4)16-8(3)6-11(12)18/h6-7,10H,5H2,1-4H3,(H2,15,19)(H,16,18)(H,17,20)/t10-/m0/s1. The van der Waals surface area contributed by atoms with Gasteiger partial charge >= 0.3 is 0 Å². The number of carbonyl (C=O) groups is 2. The minimum absolute atomic E-state index is 0.0191. The Balaban J connectivity index is 3.01. The molecule has 0 unspecified atom stereocenters. The van der Waals surface area contributed by atoms with Crippen molar-refractivity contribution in [3.63, 3.8) is 0 Å². The van der Waals surface area contributed by atoms with Gasteiger partial charge < -0.3 is 16.0 Å². The summed E-state index contributed by atoms with van der Waals surface area (Å²) in [5.41, 5.74) is 6.07. The molecule has 1 rings (SSSR count). The summed E-state index contributed by atoms with van der Waals surface area (Å²) >= 11 is 0. The van der Waals surface area contributed by atoms with E-state index in [1.165, 1.54) is 6.07 Å². The summed E-state index contributed by atoms with van der Waals surface area (Å²) in [6.45, 7) is 7.23. The number of aromatic nitrogens is 1. The highest BCUT2D eigenvalue weighted by Gasteiger charge is 2.22. The molecule has 0 spiro atoms. The van der Waals surface area contributed by atoms with E-state index in [4.69, 9.17) is 5.73 Å². The molecule has 0 aromatic carbocycles. The van der Waals surface area contributed by atoms with E-state index < -0.39 is 17.9 Å². The van der Waals surface area contributed by atoms with Crippen LogP contribution in [0.3, 0.4) is 0 Å². The molecule has 1 aromatic heterocycles. The summed E-state index contributed by atoms with van der Waals surface area (Å²) in [6, 6.07) is 0.575. The maximum atomic E-state index is 12.2. The Morgan fingerprint density at radius 2 is 1.95 bits per heavy atom. The number of pyridine rings is 1. The molecule has 6 heteroatoms. The molecular formula is C14H21N3O3. The van der Waals surface area contributed by atoms with Gasteiger partial charge in [0.15, 0.2) is 5.43 Å². The van der Waals surface area contributed by atoms with E-state index in [0.717, 1.165) is 0 Å². The number of primary amides is 1. The Hall–Kier alpha value is -2.11. The van der Waals surface area contributed by atoms with Crippen LogP contribution < -0.4 is 16.5 Å². The molecule has 1 aromatic rings. The summed E-state index contributed by atoms with van der Waals surface area (Å²) in [7, 11) is 0. The van der Waals surface area contributed by atoms with E-state index in [2.05, 4.69) is 10.3 Å². The normalized spacial score (nSPS) is 12.2. The molecular weight excluding hydrogens is 258 g/mol. The number of hydrogen-bond acceptors (Lipinski definition) is 3. The average Bonchev–Trinajstić information content (AvgIpc) is 2.25. The number of aryl methyl sites for hydroxylation is 2. The quantitative estimate of drug-likeness (QED) is 0.735. The van der Waals surface area contributed by atoms with E-state index in [1.807, 2.05) is 13.8 Å². The minimum Gasteiger partial charge on any atom is -0.368 e. The van der Waals surface area contributed by atoms with Gasteiger partial charge in [0, 0.05) is 17.5 Å². The Morgan fingerprint density at radius 3 is 2.40 bits per heavy atom. The lowest BCUT2D eigenvalue weighted by Crippen LogP contribution is -2.46. The van der Waals surface area contributed by atoms with Gasteiger partial charge in [0.2, 0.25) is 5.91 Å². The van der Waals surface area contributed by atoms with Gasteiger partial charge in [-0.1, -0.05) is 13.8 Å². The molecule has 4 N–H and O–H groups in total. The summed E-state index contributed by atoms with van der Waals surface area (Å²) in [6.07, 6.45) is 0.434. The summed E-state index contributed by atoms with van der Waals surface area (Å²) in [5.74, 6) is -0.980. The smallest absolute Gasteiger partial charge is 0.257 e. The fourth-order valence-electron chi connectivity index (χ4n) is 2.08. The second kappa shape index (κ2) is 6.36. The van der Waals surface area contributed by atoms with Crippen molar-refractivity contribution in [1.82, 2.24) is 10.3 Å². The number of nitrogens with two attached hydrogens (primary N) is 1. The number of carbonyl (C=O) groups excluding carboxylic acids is 2. The molecule has 20 heavy (non-hydrogen) atoms. The van der Waals surface area contributed by atoms with Crippen LogP contribution in [0.1, 0.15) is 42.0 Å². The lowest BCUT2D eigenvalue weighted by atomic mass is 10.0. The van der Waals surface area contributed by atoms with Crippen molar-refractivity contribution in [1.29, 1.82) is 0 Å². The van der Waals surface area contributed by atoms with Gasteiger partial charge in [0.05, 0.1) is 0 Å². The third-order valence-electron chi connectivity index (χ3n) is 2.94. The maximum Gasteiger partial charge on any atom is 0.257 e. The Kier molecular flexibility index (Phi) is 5.07. The molecule has 0 fully saturated rings. The van der Waals surface area contributed by atoms with Crippen LogP contribution >= 0.6 is 0 Å².